The molecule has 2 saturated heterocycles. The number of thiocarbonyl (C=S) groups is 1. The third-order valence-electron chi connectivity index (χ3n) is 5.48. The first-order valence-electron chi connectivity index (χ1n) is 9.60. The molecule has 3 aliphatic rings. The molecule has 1 aromatic rings. The zero-order valence-corrected chi connectivity index (χ0v) is 21.7. The SMILES string of the molecule is Nc1nc(/C(=N/O)C(=O)NC2C(=O)N3C(C([O-])=S)=C(CC4CCOCC4)CS[C@H]23)cs1.[Na+]. The maximum Gasteiger partial charge on any atom is 1.00 e. The molecule has 32 heavy (non-hydrogen) atoms. The number of thioether (sulfide) groups is 1. The molecule has 4 rings (SSSR count). The molecule has 10 nitrogen and oxygen atoms in total. The van der Waals surface area contributed by atoms with Crippen LogP contribution in [0.5, 0.6) is 0 Å². The fourth-order valence-corrected chi connectivity index (χ4v) is 6.10. The van der Waals surface area contributed by atoms with Crippen LogP contribution in [0.3, 0.4) is 0 Å². The Morgan fingerprint density at radius 1 is 1.47 bits per heavy atom. The van der Waals surface area contributed by atoms with Crippen molar-refractivity contribution in [3.63, 3.8) is 0 Å². The Kier molecular flexibility index (Phi) is 8.58. The van der Waals surface area contributed by atoms with Crippen LogP contribution < -0.4 is 45.7 Å². The van der Waals surface area contributed by atoms with Gasteiger partial charge in [-0.15, -0.1) is 23.1 Å². The van der Waals surface area contributed by atoms with Gasteiger partial charge >= 0.3 is 29.6 Å². The van der Waals surface area contributed by atoms with Crippen molar-refractivity contribution in [1.29, 1.82) is 0 Å². The molecule has 14 heteroatoms. The monoisotopic (exact) mass is 505 g/mol. The number of nitrogen functional groups attached to an aromatic ring is 1. The first kappa shape index (κ1) is 25.4. The average molecular weight is 506 g/mol. The molecule has 2 amide bonds. The average Bonchev–Trinajstić information content (AvgIpc) is 3.18. The maximum atomic E-state index is 12.8. The zero-order chi connectivity index (χ0) is 22.1. The topological polar surface area (TPSA) is 153 Å². The summed E-state index contributed by atoms with van der Waals surface area (Å²) in [6, 6.07) is -0.862. The summed E-state index contributed by atoms with van der Waals surface area (Å²) in [6.07, 6.45) is 2.52. The van der Waals surface area contributed by atoms with Gasteiger partial charge in [0.2, 0.25) is 0 Å². The molecule has 0 bridgehead atoms. The van der Waals surface area contributed by atoms with Crippen LogP contribution in [0.15, 0.2) is 21.8 Å². The summed E-state index contributed by atoms with van der Waals surface area (Å²) in [5, 5.41) is 27.7. The maximum absolute atomic E-state index is 12.8. The number of ether oxygens (including phenoxy) is 1. The molecule has 1 unspecified atom stereocenters. The van der Waals surface area contributed by atoms with Crippen LogP contribution in [-0.4, -0.2) is 68.1 Å². The number of nitrogens with one attached hydrogen (secondary N) is 1. The third kappa shape index (κ3) is 4.98. The van der Waals surface area contributed by atoms with E-state index in [0.29, 0.717) is 31.3 Å². The van der Waals surface area contributed by atoms with Gasteiger partial charge in [0.25, 0.3) is 11.8 Å². The first-order chi connectivity index (χ1) is 14.9. The molecule has 2 fully saturated rings. The van der Waals surface area contributed by atoms with Crippen LogP contribution in [-0.2, 0) is 14.3 Å². The van der Waals surface area contributed by atoms with Crippen molar-refractivity contribution in [2.75, 3.05) is 24.7 Å². The van der Waals surface area contributed by atoms with Crippen LogP contribution in [0.2, 0.25) is 0 Å². The van der Waals surface area contributed by atoms with Gasteiger partial charge in [-0.2, -0.15) is 0 Å². The molecule has 0 radical (unpaired) electrons. The van der Waals surface area contributed by atoms with E-state index < -0.39 is 28.3 Å². The summed E-state index contributed by atoms with van der Waals surface area (Å²) in [7, 11) is 0. The minimum absolute atomic E-state index is 0. The smallest absolute Gasteiger partial charge is 0.863 e. The number of carbonyl (C=O) groups is 2. The Balaban J connectivity index is 0.00000289. The zero-order valence-electron chi connectivity index (χ0n) is 17.3. The quantitative estimate of drug-likeness (QED) is 0.0921. The normalized spacial score (nSPS) is 23.8. The van der Waals surface area contributed by atoms with Gasteiger partial charge in [0, 0.05) is 30.0 Å². The van der Waals surface area contributed by atoms with E-state index >= 15 is 0 Å². The van der Waals surface area contributed by atoms with Gasteiger partial charge in [0.1, 0.15) is 17.1 Å². The minimum atomic E-state index is -0.862. The fraction of sp³-hybridized carbons (Fsp3) is 0.500. The van der Waals surface area contributed by atoms with Crippen molar-refractivity contribution in [2.24, 2.45) is 11.1 Å². The van der Waals surface area contributed by atoms with E-state index in [1.807, 2.05) is 0 Å². The number of amides is 2. The van der Waals surface area contributed by atoms with Gasteiger partial charge in [0.05, 0.1) is 0 Å². The molecule has 166 valence electrons. The van der Waals surface area contributed by atoms with Gasteiger partial charge in [-0.05, 0) is 35.8 Å². The van der Waals surface area contributed by atoms with E-state index in [4.69, 9.17) is 22.7 Å². The minimum Gasteiger partial charge on any atom is -0.863 e. The molecule has 0 aliphatic carbocycles. The number of β-lactam (4-membered cyclic amide) rings is 1. The summed E-state index contributed by atoms with van der Waals surface area (Å²) in [6.45, 7) is 1.39. The molecule has 0 saturated carbocycles. The Hall–Kier alpha value is -1.22. The second kappa shape index (κ2) is 10.8. The molecule has 4 N–H and O–H groups in total. The molecule has 0 spiro atoms. The van der Waals surface area contributed by atoms with Crippen molar-refractivity contribution >= 4 is 63.0 Å². The van der Waals surface area contributed by atoms with Crippen molar-refractivity contribution in [3.05, 3.63) is 22.3 Å². The summed E-state index contributed by atoms with van der Waals surface area (Å²) in [5.74, 6) is -0.224. The summed E-state index contributed by atoms with van der Waals surface area (Å²) < 4.78 is 5.39. The molecular weight excluding hydrogens is 485 g/mol. The van der Waals surface area contributed by atoms with Crippen molar-refractivity contribution in [3.8, 4) is 0 Å². The van der Waals surface area contributed by atoms with E-state index in [0.717, 1.165) is 29.8 Å². The standard InChI is InChI=1S/C18H21N5O5S3.Na/c19-18-20-10(7-31-18)11(22-27)14(24)21-12-15(25)23-13(17(26)29)9(6-30-16(12)23)5-8-1-3-28-4-2-8;/h7-8,12,16,27H,1-6H2,(H2,19,20)(H,21,24)(H,26,29);/q;+1/p-1/b22-11-;/t12?,16-;/m1./s1. The Bertz CT molecular complexity index is 978. The van der Waals surface area contributed by atoms with Crippen LogP contribution in [0.1, 0.15) is 25.0 Å². The molecule has 4 heterocycles. The third-order valence-corrected chi connectivity index (χ3v) is 7.69. The molecule has 0 aromatic carbocycles. The Morgan fingerprint density at radius 3 is 2.78 bits per heavy atom. The van der Waals surface area contributed by atoms with Gasteiger partial charge in [-0.25, -0.2) is 4.98 Å². The predicted molar refractivity (Wildman–Crippen MR) is 118 cm³/mol. The van der Waals surface area contributed by atoms with E-state index in [1.165, 1.54) is 22.0 Å². The number of oxime groups is 1. The molecule has 1 aromatic heterocycles. The van der Waals surface area contributed by atoms with Crippen LogP contribution in [0, 0.1) is 5.92 Å². The number of nitrogens with two attached hydrogens (primary N) is 1. The molecule has 2 atom stereocenters. The second-order valence-electron chi connectivity index (χ2n) is 7.38. The number of fused-ring (bicyclic) bond motifs is 1. The number of aromatic nitrogens is 1. The number of carbonyl (C=O) groups excluding carboxylic acids is 2. The van der Waals surface area contributed by atoms with E-state index in [1.54, 1.807) is 0 Å². The van der Waals surface area contributed by atoms with Crippen LogP contribution >= 0.6 is 35.3 Å². The Labute approximate surface area is 219 Å². The predicted octanol–water partition coefficient (Wildman–Crippen LogP) is -2.93. The fourth-order valence-electron chi connectivity index (χ4n) is 3.95. The van der Waals surface area contributed by atoms with E-state index in [-0.39, 0.29) is 51.8 Å². The Morgan fingerprint density at radius 2 is 2.19 bits per heavy atom. The number of thiazole rings is 1. The van der Waals surface area contributed by atoms with Gasteiger partial charge in [-0.1, -0.05) is 17.4 Å². The van der Waals surface area contributed by atoms with Gasteiger partial charge < -0.3 is 26.1 Å². The number of hydrogen-bond donors (Lipinski definition) is 3. The van der Waals surface area contributed by atoms with Crippen molar-refractivity contribution < 1.29 is 54.2 Å². The van der Waals surface area contributed by atoms with Crippen molar-refractivity contribution in [2.45, 2.75) is 30.7 Å². The van der Waals surface area contributed by atoms with Gasteiger partial charge in [-0.3, -0.25) is 14.5 Å². The van der Waals surface area contributed by atoms with Gasteiger partial charge in [0.15, 0.2) is 10.8 Å². The number of hydrogen-bond acceptors (Lipinski definition) is 11. The summed E-state index contributed by atoms with van der Waals surface area (Å²) >= 11 is 7.49. The number of nitrogens with zero attached hydrogens (tertiary/aromatic N) is 3. The second-order valence-corrected chi connectivity index (χ2v) is 9.75. The van der Waals surface area contributed by atoms with Crippen LogP contribution in [0.25, 0.3) is 0 Å². The largest absolute Gasteiger partial charge is 1.00 e. The summed E-state index contributed by atoms with van der Waals surface area (Å²) in [4.78, 5) is 30.7. The first-order valence-corrected chi connectivity index (χ1v) is 11.9. The molecule has 3 aliphatic heterocycles. The van der Waals surface area contributed by atoms with Crippen molar-refractivity contribution in [1.82, 2.24) is 15.2 Å². The summed E-state index contributed by atoms with van der Waals surface area (Å²) in [5.41, 5.74) is 6.48. The van der Waals surface area contributed by atoms with Crippen LogP contribution in [0.4, 0.5) is 5.13 Å². The number of anilines is 1. The van der Waals surface area contributed by atoms with E-state index in [9.17, 15) is 19.9 Å². The number of rotatable bonds is 6. The molecular formula is C18H20N5NaO5S3. The van der Waals surface area contributed by atoms with E-state index in [2.05, 4.69) is 15.5 Å².